The van der Waals surface area contributed by atoms with Crippen molar-refractivity contribution in [2.24, 2.45) is 5.73 Å². The van der Waals surface area contributed by atoms with Crippen molar-refractivity contribution in [1.29, 1.82) is 0 Å². The molecule has 0 spiro atoms. The number of benzene rings is 2. The Morgan fingerprint density at radius 1 is 0.636 bits per heavy atom. The van der Waals surface area contributed by atoms with Crippen LogP contribution in [-0.4, -0.2) is 75.6 Å². The van der Waals surface area contributed by atoms with Gasteiger partial charge in [-0.2, -0.15) is 10.2 Å². The largest absolute Gasteiger partial charge is 0.444 e. The number of fused-ring (bicyclic) bond motifs is 2. The van der Waals surface area contributed by atoms with Gasteiger partial charge in [-0.3, -0.25) is 9.59 Å². The summed E-state index contributed by atoms with van der Waals surface area (Å²) in [7, 11) is 0. The van der Waals surface area contributed by atoms with Crippen molar-refractivity contribution in [3.8, 4) is 0 Å². The van der Waals surface area contributed by atoms with E-state index in [2.05, 4.69) is 37.4 Å². The molecule has 4 atom stereocenters. The van der Waals surface area contributed by atoms with Crippen LogP contribution in [0.25, 0.3) is 11.3 Å². The zero-order valence-electron chi connectivity index (χ0n) is 38.7. The molecule has 4 aromatic heterocycles. The predicted octanol–water partition coefficient (Wildman–Crippen LogP) is 9.33. The zero-order valence-corrected chi connectivity index (χ0v) is 39.5. The van der Waals surface area contributed by atoms with Gasteiger partial charge in [-0.05, 0) is 122 Å². The predicted molar refractivity (Wildman–Crippen MR) is 255 cm³/mol. The number of hydrogen-bond donors (Lipinski definition) is 2. The summed E-state index contributed by atoms with van der Waals surface area (Å²) in [6.45, 7) is 10.9. The van der Waals surface area contributed by atoms with E-state index in [-0.39, 0.29) is 36.3 Å². The zero-order chi connectivity index (χ0) is 45.4. The van der Waals surface area contributed by atoms with Gasteiger partial charge in [0.2, 0.25) is 11.8 Å². The van der Waals surface area contributed by atoms with Crippen molar-refractivity contribution in [2.45, 2.75) is 140 Å². The van der Waals surface area contributed by atoms with Crippen molar-refractivity contribution in [3.05, 3.63) is 130 Å². The highest BCUT2D eigenvalue weighted by molar-refractivity contribution is 5.87. The molecule has 2 saturated carbocycles. The van der Waals surface area contributed by atoms with Crippen molar-refractivity contribution in [2.75, 3.05) is 13.1 Å². The first kappa shape index (κ1) is 46.7. The molecule has 2 aromatic carbocycles. The number of ether oxygens (including phenoxy) is 1. The lowest BCUT2D eigenvalue weighted by atomic mass is 9.96. The standard InChI is InChI=1S/C28H35N5O3.C23H27N5O.ClH/c1-18-16-21(19-13-14-19)29-24-17-22(31-33(18)24)23-12-8-9-15-32(23)26(34)25(20-10-6-5-7-11-20)30-27(35)36-28(2,3)4;1-15-13-18(16-10-11-16)25-21-14-19(26-28(15)21)20-9-5-6-12-27(20)23(29)22(24)17-7-3-2-4-8-17;/h5-7,10-11,16-17,19,23,25H,8-9,12-15H2,1-4H3,(H,30,35);2-4,7-8,13-14,16,20,22H,5-6,9-12,24H2,1H3;1H/t23-,25?;20-,22?;/m00./s1. The molecule has 66 heavy (non-hydrogen) atoms. The fourth-order valence-corrected chi connectivity index (χ4v) is 9.35. The molecule has 0 radical (unpaired) electrons. The van der Waals surface area contributed by atoms with Crippen LogP contribution in [-0.2, 0) is 14.3 Å². The first-order valence-electron chi connectivity index (χ1n) is 23.5. The molecule has 4 fully saturated rings. The first-order chi connectivity index (χ1) is 31.3. The number of carbonyl (C=O) groups excluding carboxylic acids is 3. The van der Waals surface area contributed by atoms with Crippen molar-refractivity contribution in [1.82, 2.24) is 44.3 Å². The lowest BCUT2D eigenvalue weighted by molar-refractivity contribution is -0.138. The molecule has 0 bridgehead atoms. The number of carbonyl (C=O) groups is 3. The van der Waals surface area contributed by atoms with E-state index in [4.69, 9.17) is 30.6 Å². The van der Waals surface area contributed by atoms with E-state index < -0.39 is 23.8 Å². The van der Waals surface area contributed by atoms with Crippen LogP contribution in [0.4, 0.5) is 4.79 Å². The first-order valence-corrected chi connectivity index (χ1v) is 23.5. The van der Waals surface area contributed by atoms with Crippen molar-refractivity contribution < 1.29 is 19.1 Å². The summed E-state index contributed by atoms with van der Waals surface area (Å²) in [4.78, 5) is 53.5. The molecule has 2 unspecified atom stereocenters. The van der Waals surface area contributed by atoms with Crippen LogP contribution in [0.15, 0.2) is 84.9 Å². The third-order valence-corrected chi connectivity index (χ3v) is 13.0. The number of alkyl carbamates (subject to hydrolysis) is 1. The van der Waals surface area contributed by atoms with Crippen molar-refractivity contribution in [3.63, 3.8) is 0 Å². The SMILES string of the molecule is Cc1cc(C2CC2)nc2cc([C@@H]3CCCCN3C(=O)C(N)c3ccccc3)nn12.Cc1cc(C2CC2)nc2cc([C@@H]3CCCCN3C(=O)C(NC(=O)OC(C)(C)C)c3ccccc3)nn12.Cl. The number of aromatic nitrogens is 6. The smallest absolute Gasteiger partial charge is 0.408 e. The quantitative estimate of drug-likeness (QED) is 0.144. The Morgan fingerprint density at radius 2 is 1.09 bits per heavy atom. The van der Waals surface area contributed by atoms with E-state index in [1.165, 1.54) is 31.4 Å². The molecule has 2 aliphatic heterocycles. The molecule has 3 N–H and O–H groups in total. The number of nitrogens with one attached hydrogen (secondary N) is 1. The number of aryl methyl sites for hydroxylation is 2. The molecule has 2 saturated heterocycles. The lowest BCUT2D eigenvalue weighted by Crippen LogP contribution is -2.47. The third kappa shape index (κ3) is 10.4. The van der Waals surface area contributed by atoms with Gasteiger partial charge in [0.25, 0.3) is 0 Å². The monoisotopic (exact) mass is 914 g/mol. The molecule has 2 aliphatic carbocycles. The second-order valence-electron chi connectivity index (χ2n) is 19.3. The summed E-state index contributed by atoms with van der Waals surface area (Å²) in [5, 5.41) is 12.6. The fourth-order valence-electron chi connectivity index (χ4n) is 9.35. The Bertz CT molecular complexity index is 2670. The van der Waals surface area contributed by atoms with E-state index in [9.17, 15) is 14.4 Å². The third-order valence-electron chi connectivity index (χ3n) is 13.0. The minimum atomic E-state index is -0.847. The van der Waals surface area contributed by atoms with Gasteiger partial charge in [0.1, 0.15) is 17.7 Å². The summed E-state index contributed by atoms with van der Waals surface area (Å²) < 4.78 is 9.28. The fraction of sp³-hybridized carbons (Fsp3) is 0.471. The van der Waals surface area contributed by atoms with Gasteiger partial charge in [-0.15, -0.1) is 12.4 Å². The maximum atomic E-state index is 14.0. The summed E-state index contributed by atoms with van der Waals surface area (Å²) in [5.74, 6) is 0.984. The number of halogens is 1. The van der Waals surface area contributed by atoms with Crippen LogP contribution in [0.1, 0.15) is 166 Å². The van der Waals surface area contributed by atoms with Crippen molar-refractivity contribution >= 4 is 41.6 Å². The van der Waals surface area contributed by atoms with E-state index in [1.54, 1.807) is 20.8 Å². The van der Waals surface area contributed by atoms with Gasteiger partial charge >= 0.3 is 6.09 Å². The molecule has 14 nitrogen and oxygen atoms in total. The second kappa shape index (κ2) is 19.5. The van der Waals surface area contributed by atoms with Gasteiger partial charge in [0, 0.05) is 59.8 Å². The number of nitrogens with two attached hydrogens (primary N) is 1. The van der Waals surface area contributed by atoms with Gasteiger partial charge in [-0.1, -0.05) is 60.7 Å². The highest BCUT2D eigenvalue weighted by atomic mass is 35.5. The topological polar surface area (TPSA) is 165 Å². The summed E-state index contributed by atoms with van der Waals surface area (Å²) in [6.07, 6.45) is 9.97. The van der Waals surface area contributed by atoms with E-state index in [0.29, 0.717) is 18.4 Å². The van der Waals surface area contributed by atoms with Crippen LogP contribution in [0.3, 0.4) is 0 Å². The molecule has 348 valence electrons. The number of rotatable bonds is 9. The number of hydrogen-bond acceptors (Lipinski definition) is 9. The van der Waals surface area contributed by atoms with Crippen LogP contribution in [0.5, 0.6) is 0 Å². The Balaban J connectivity index is 0.000000180. The van der Waals surface area contributed by atoms with Gasteiger partial charge in [0.05, 0.1) is 23.5 Å². The van der Waals surface area contributed by atoms with Gasteiger partial charge in [-0.25, -0.2) is 23.8 Å². The van der Waals surface area contributed by atoms with Gasteiger partial charge in [0.15, 0.2) is 11.3 Å². The minimum Gasteiger partial charge on any atom is -0.444 e. The number of amides is 3. The number of likely N-dealkylation sites (tertiary alicyclic amines) is 2. The summed E-state index contributed by atoms with van der Waals surface area (Å²) in [5.41, 5.74) is 15.2. The minimum absolute atomic E-state index is 0. The summed E-state index contributed by atoms with van der Waals surface area (Å²) >= 11 is 0. The molecule has 3 amide bonds. The highest BCUT2D eigenvalue weighted by Gasteiger charge is 2.37. The summed E-state index contributed by atoms with van der Waals surface area (Å²) in [6, 6.07) is 25.6. The lowest BCUT2D eigenvalue weighted by Gasteiger charge is -2.37. The Kier molecular flexibility index (Phi) is 13.8. The maximum absolute atomic E-state index is 14.0. The normalized spacial score (nSPS) is 19.6. The average molecular weight is 916 g/mol. The second-order valence-corrected chi connectivity index (χ2v) is 19.3. The molecular weight excluding hydrogens is 852 g/mol. The van der Waals surface area contributed by atoms with Gasteiger partial charge < -0.3 is 25.6 Å². The number of nitrogens with zero attached hydrogens (tertiary/aromatic N) is 8. The number of piperidine rings is 2. The molecule has 6 aromatic rings. The van der Waals surface area contributed by atoms with Crippen LogP contribution in [0.2, 0.25) is 0 Å². The molecule has 15 heteroatoms. The molecule has 6 heterocycles. The Labute approximate surface area is 393 Å². The van der Waals surface area contributed by atoms with E-state index >= 15 is 0 Å². The molecule has 4 aliphatic rings. The molecule has 10 rings (SSSR count). The highest BCUT2D eigenvalue weighted by Crippen LogP contribution is 2.41. The Hall–Kier alpha value is -5.86. The van der Waals surface area contributed by atoms with E-state index in [0.717, 1.165) is 96.0 Å². The average Bonchev–Trinajstić information content (AvgIpc) is 4.25. The van der Waals surface area contributed by atoms with Crippen LogP contribution in [0, 0.1) is 13.8 Å². The Morgan fingerprint density at radius 3 is 1.55 bits per heavy atom. The molecular formula is C51H63ClN10O4. The maximum Gasteiger partial charge on any atom is 0.408 e. The van der Waals surface area contributed by atoms with E-state index in [1.807, 2.05) is 85.6 Å². The van der Waals surface area contributed by atoms with Crippen LogP contribution < -0.4 is 11.1 Å². The van der Waals surface area contributed by atoms with Crippen LogP contribution >= 0.6 is 12.4 Å².